The van der Waals surface area contributed by atoms with Crippen molar-refractivity contribution in [2.45, 2.75) is 52.6 Å². The zero-order valence-electron chi connectivity index (χ0n) is 13.6. The van der Waals surface area contributed by atoms with Crippen molar-refractivity contribution in [2.75, 3.05) is 6.54 Å². The number of nitrogens with zero attached hydrogens (tertiary/aromatic N) is 1. The lowest BCUT2D eigenvalue weighted by atomic mass is 10.1. The fraction of sp³-hybridized carbons (Fsp3) is 0.529. The van der Waals surface area contributed by atoms with E-state index in [4.69, 9.17) is 0 Å². The lowest BCUT2D eigenvalue weighted by Crippen LogP contribution is -2.49. The molecule has 22 heavy (non-hydrogen) atoms. The Morgan fingerprint density at radius 3 is 2.32 bits per heavy atom. The fourth-order valence-electron chi connectivity index (χ4n) is 2.28. The average Bonchev–Trinajstić information content (AvgIpc) is 2.53. The Balaban J connectivity index is 2.92. The minimum Gasteiger partial charge on any atom is -0.354 e. The van der Waals surface area contributed by atoms with Gasteiger partial charge >= 0.3 is 0 Å². The second-order valence-electron chi connectivity index (χ2n) is 5.22. The van der Waals surface area contributed by atoms with Crippen LogP contribution in [-0.4, -0.2) is 29.3 Å². The Morgan fingerprint density at radius 2 is 1.82 bits per heavy atom. The highest BCUT2D eigenvalue weighted by molar-refractivity contribution is 5.87. The van der Waals surface area contributed by atoms with Crippen LogP contribution in [-0.2, 0) is 16.1 Å². The molecule has 1 N–H and O–H groups in total. The molecule has 122 valence electrons. The van der Waals surface area contributed by atoms with Crippen LogP contribution in [0.3, 0.4) is 0 Å². The van der Waals surface area contributed by atoms with E-state index >= 15 is 0 Å². The molecule has 1 rings (SSSR count). The third kappa shape index (κ3) is 5.13. The first-order valence-electron chi connectivity index (χ1n) is 7.85. The SMILES string of the molecule is CCCNC(=O)[C@@H](CC)N(Cc1ccc(F)cc1)C(=O)CC. The van der Waals surface area contributed by atoms with Gasteiger partial charge in [-0.05, 0) is 30.5 Å². The van der Waals surface area contributed by atoms with E-state index in [9.17, 15) is 14.0 Å². The summed E-state index contributed by atoms with van der Waals surface area (Å²) in [7, 11) is 0. The number of hydrogen-bond donors (Lipinski definition) is 1. The lowest BCUT2D eigenvalue weighted by Gasteiger charge is -2.30. The summed E-state index contributed by atoms with van der Waals surface area (Å²) >= 11 is 0. The smallest absolute Gasteiger partial charge is 0.242 e. The quantitative estimate of drug-likeness (QED) is 0.803. The number of benzene rings is 1. The van der Waals surface area contributed by atoms with Crippen LogP contribution in [0, 0.1) is 5.82 Å². The van der Waals surface area contributed by atoms with Crippen molar-refractivity contribution >= 4 is 11.8 Å². The second-order valence-corrected chi connectivity index (χ2v) is 5.22. The lowest BCUT2D eigenvalue weighted by molar-refractivity contribution is -0.141. The second kappa shape index (κ2) is 9.18. The first-order chi connectivity index (χ1) is 10.5. The monoisotopic (exact) mass is 308 g/mol. The highest BCUT2D eigenvalue weighted by Gasteiger charge is 2.27. The van der Waals surface area contributed by atoms with Gasteiger partial charge in [0.25, 0.3) is 0 Å². The summed E-state index contributed by atoms with van der Waals surface area (Å²) in [4.78, 5) is 26.1. The molecular formula is C17H25FN2O2. The Hall–Kier alpha value is -1.91. The normalized spacial score (nSPS) is 11.8. The molecule has 1 atom stereocenters. The van der Waals surface area contributed by atoms with E-state index in [1.807, 2.05) is 13.8 Å². The van der Waals surface area contributed by atoms with Crippen LogP contribution in [0.4, 0.5) is 4.39 Å². The molecule has 1 aromatic rings. The molecule has 0 radical (unpaired) electrons. The molecule has 0 saturated heterocycles. The number of amides is 2. The third-order valence-electron chi connectivity index (χ3n) is 3.50. The van der Waals surface area contributed by atoms with E-state index in [1.165, 1.54) is 12.1 Å². The van der Waals surface area contributed by atoms with Crippen molar-refractivity contribution in [3.63, 3.8) is 0 Å². The van der Waals surface area contributed by atoms with E-state index in [2.05, 4.69) is 5.32 Å². The molecule has 2 amide bonds. The van der Waals surface area contributed by atoms with Crippen molar-refractivity contribution < 1.29 is 14.0 Å². The summed E-state index contributed by atoms with van der Waals surface area (Å²) in [5.41, 5.74) is 0.810. The van der Waals surface area contributed by atoms with Gasteiger partial charge in [0.05, 0.1) is 0 Å². The molecule has 0 aliphatic carbocycles. The molecule has 0 aliphatic rings. The maximum Gasteiger partial charge on any atom is 0.242 e. The number of halogens is 1. The van der Waals surface area contributed by atoms with Crippen LogP contribution >= 0.6 is 0 Å². The van der Waals surface area contributed by atoms with Crippen LogP contribution in [0.25, 0.3) is 0 Å². The van der Waals surface area contributed by atoms with Crippen molar-refractivity contribution in [3.05, 3.63) is 35.6 Å². The van der Waals surface area contributed by atoms with Crippen molar-refractivity contribution in [2.24, 2.45) is 0 Å². The maximum absolute atomic E-state index is 13.0. The number of carbonyl (C=O) groups is 2. The molecule has 0 unspecified atom stereocenters. The van der Waals surface area contributed by atoms with Crippen molar-refractivity contribution in [1.29, 1.82) is 0 Å². The Morgan fingerprint density at radius 1 is 1.18 bits per heavy atom. The van der Waals surface area contributed by atoms with Crippen LogP contribution < -0.4 is 5.32 Å². The zero-order valence-corrected chi connectivity index (χ0v) is 13.6. The van der Waals surface area contributed by atoms with Crippen molar-refractivity contribution in [3.8, 4) is 0 Å². The number of carbonyl (C=O) groups excluding carboxylic acids is 2. The predicted molar refractivity (Wildman–Crippen MR) is 84.6 cm³/mol. The van der Waals surface area contributed by atoms with Crippen molar-refractivity contribution in [1.82, 2.24) is 10.2 Å². The van der Waals surface area contributed by atoms with E-state index in [-0.39, 0.29) is 17.6 Å². The van der Waals surface area contributed by atoms with Gasteiger partial charge in [-0.3, -0.25) is 9.59 Å². The molecule has 0 aromatic heterocycles. The van der Waals surface area contributed by atoms with Gasteiger partial charge in [-0.2, -0.15) is 0 Å². The van der Waals surface area contributed by atoms with E-state index in [0.717, 1.165) is 12.0 Å². The van der Waals surface area contributed by atoms with Gasteiger partial charge in [-0.15, -0.1) is 0 Å². The number of rotatable bonds is 8. The van der Waals surface area contributed by atoms with Gasteiger partial charge in [0.1, 0.15) is 11.9 Å². The number of nitrogens with one attached hydrogen (secondary N) is 1. The van der Waals surface area contributed by atoms with Gasteiger partial charge in [0.15, 0.2) is 0 Å². The molecule has 4 nitrogen and oxygen atoms in total. The first-order valence-corrected chi connectivity index (χ1v) is 7.85. The number of hydrogen-bond acceptors (Lipinski definition) is 2. The van der Waals surface area contributed by atoms with Crippen LogP contribution in [0.1, 0.15) is 45.6 Å². The maximum atomic E-state index is 13.0. The Bertz CT molecular complexity index is 488. The van der Waals surface area contributed by atoms with Crippen LogP contribution in [0.15, 0.2) is 24.3 Å². The topological polar surface area (TPSA) is 49.4 Å². The first kappa shape index (κ1) is 18.1. The van der Waals surface area contributed by atoms with Crippen LogP contribution in [0.5, 0.6) is 0 Å². The van der Waals surface area contributed by atoms with Gasteiger partial charge in [-0.1, -0.05) is 32.9 Å². The van der Waals surface area contributed by atoms with Gasteiger partial charge < -0.3 is 10.2 Å². The summed E-state index contributed by atoms with van der Waals surface area (Å²) in [6.07, 6.45) is 1.73. The molecule has 5 heteroatoms. The minimum atomic E-state index is -0.496. The largest absolute Gasteiger partial charge is 0.354 e. The van der Waals surface area contributed by atoms with Crippen LogP contribution in [0.2, 0.25) is 0 Å². The molecule has 0 aliphatic heterocycles. The highest BCUT2D eigenvalue weighted by atomic mass is 19.1. The summed E-state index contributed by atoms with van der Waals surface area (Å²) in [5.74, 6) is -0.527. The van der Waals surface area contributed by atoms with Gasteiger partial charge in [0, 0.05) is 19.5 Å². The van der Waals surface area contributed by atoms with E-state index in [0.29, 0.717) is 25.9 Å². The molecule has 0 fully saturated rings. The summed E-state index contributed by atoms with van der Waals surface area (Å²) < 4.78 is 13.0. The molecular weight excluding hydrogens is 283 g/mol. The van der Waals surface area contributed by atoms with Gasteiger partial charge in [0.2, 0.25) is 11.8 Å². The zero-order chi connectivity index (χ0) is 16.5. The molecule has 0 saturated carbocycles. The van der Waals surface area contributed by atoms with E-state index in [1.54, 1.807) is 24.0 Å². The Labute approximate surface area is 131 Å². The fourth-order valence-corrected chi connectivity index (χ4v) is 2.28. The predicted octanol–water partition coefficient (Wildman–Crippen LogP) is 2.87. The highest BCUT2D eigenvalue weighted by Crippen LogP contribution is 2.14. The summed E-state index contributed by atoms with van der Waals surface area (Å²) in [5, 5.41) is 2.84. The molecule has 0 bridgehead atoms. The molecule has 1 aromatic carbocycles. The third-order valence-corrected chi connectivity index (χ3v) is 3.50. The molecule has 0 spiro atoms. The summed E-state index contributed by atoms with van der Waals surface area (Å²) in [6, 6.07) is 5.51. The van der Waals surface area contributed by atoms with E-state index < -0.39 is 6.04 Å². The Kier molecular flexibility index (Phi) is 7.57. The standard InChI is InChI=1S/C17H25FN2O2/c1-4-11-19-17(22)15(5-2)20(16(21)6-3)12-13-7-9-14(18)10-8-13/h7-10,15H,4-6,11-12H2,1-3H3,(H,19,22)/t15-/m1/s1. The average molecular weight is 308 g/mol. The summed E-state index contributed by atoms with van der Waals surface area (Å²) in [6.45, 7) is 6.55. The molecule has 0 heterocycles. The minimum absolute atomic E-state index is 0.0807. The van der Waals surface area contributed by atoms with Gasteiger partial charge in [-0.25, -0.2) is 4.39 Å².